The maximum Gasteiger partial charge on any atom is 0.416 e. The number of aromatic nitrogens is 1. The van der Waals surface area contributed by atoms with Gasteiger partial charge in [0.25, 0.3) is 0 Å². The number of aryl methyl sites for hydroxylation is 1. The first kappa shape index (κ1) is 20.7. The Balaban J connectivity index is 2.27. The molecule has 8 heteroatoms. The zero-order valence-corrected chi connectivity index (χ0v) is 15.1. The van der Waals surface area contributed by atoms with Crippen LogP contribution in [0.5, 0.6) is 0 Å². The third-order valence-corrected chi connectivity index (χ3v) is 5.13. The highest BCUT2D eigenvalue weighted by Crippen LogP contribution is 2.46. The van der Waals surface area contributed by atoms with E-state index in [1.165, 1.54) is 6.92 Å². The maximum atomic E-state index is 13.1. The van der Waals surface area contributed by atoms with Gasteiger partial charge < -0.3 is 10.4 Å². The smallest absolute Gasteiger partial charge is 0.416 e. The number of nitrogens with zero attached hydrogens (tertiary/aromatic N) is 1. The van der Waals surface area contributed by atoms with Crippen molar-refractivity contribution in [2.24, 2.45) is 5.92 Å². The summed E-state index contributed by atoms with van der Waals surface area (Å²) in [6.45, 7) is 3.97. The van der Waals surface area contributed by atoms with Gasteiger partial charge in [-0.15, -0.1) is 0 Å². The van der Waals surface area contributed by atoms with Gasteiger partial charge in [-0.3, -0.25) is 9.78 Å². The summed E-state index contributed by atoms with van der Waals surface area (Å²) in [5.41, 5.74) is -0.181. The van der Waals surface area contributed by atoms with E-state index in [9.17, 15) is 23.1 Å². The fourth-order valence-corrected chi connectivity index (χ4v) is 3.60. The van der Waals surface area contributed by atoms with Crippen LogP contribution in [0.25, 0.3) is 0 Å². The molecule has 1 aromatic rings. The van der Waals surface area contributed by atoms with E-state index < -0.39 is 29.1 Å². The van der Waals surface area contributed by atoms with Crippen LogP contribution in [0.15, 0.2) is 12.1 Å². The highest BCUT2D eigenvalue weighted by molar-refractivity contribution is 6.27. The van der Waals surface area contributed by atoms with Crippen molar-refractivity contribution in [3.05, 3.63) is 29.1 Å². The first-order chi connectivity index (χ1) is 12.1. The summed E-state index contributed by atoms with van der Waals surface area (Å²) in [6, 6.07) is 1.60. The summed E-state index contributed by atoms with van der Waals surface area (Å²) >= 11 is 0. The van der Waals surface area contributed by atoms with Crippen molar-refractivity contribution < 1.29 is 23.1 Å². The van der Waals surface area contributed by atoms with Crippen LogP contribution in [0.3, 0.4) is 0 Å². The predicted molar refractivity (Wildman–Crippen MR) is 93.1 cm³/mol. The number of pyridine rings is 1. The molecular formula is C18H24BF3N2O2. The molecule has 2 heterocycles. The lowest BCUT2D eigenvalue weighted by atomic mass is 9.55. The lowest BCUT2D eigenvalue weighted by molar-refractivity contribution is -0.143. The van der Waals surface area contributed by atoms with Gasteiger partial charge in [-0.25, -0.2) is 0 Å². The van der Waals surface area contributed by atoms with E-state index in [0.717, 1.165) is 18.6 Å². The first-order valence-electron chi connectivity index (χ1n) is 8.89. The van der Waals surface area contributed by atoms with Crippen LogP contribution in [0, 0.1) is 12.8 Å². The molecule has 0 amide bonds. The molecule has 0 spiro atoms. The van der Waals surface area contributed by atoms with Gasteiger partial charge in [0.05, 0.1) is 19.1 Å². The van der Waals surface area contributed by atoms with E-state index in [4.69, 9.17) is 7.85 Å². The van der Waals surface area contributed by atoms with Crippen molar-refractivity contribution in [3.63, 3.8) is 0 Å². The van der Waals surface area contributed by atoms with Gasteiger partial charge in [-0.2, -0.15) is 13.2 Å². The van der Waals surface area contributed by atoms with Crippen LogP contribution in [0.2, 0.25) is 5.31 Å². The van der Waals surface area contributed by atoms with E-state index in [0.29, 0.717) is 32.2 Å². The van der Waals surface area contributed by atoms with Crippen LogP contribution in [0.1, 0.15) is 62.0 Å². The van der Waals surface area contributed by atoms with Gasteiger partial charge in [0.1, 0.15) is 0 Å². The van der Waals surface area contributed by atoms with E-state index in [-0.39, 0.29) is 17.3 Å². The van der Waals surface area contributed by atoms with E-state index in [1.54, 1.807) is 0 Å². The topological polar surface area (TPSA) is 62.2 Å². The average molecular weight is 368 g/mol. The number of aliphatic carboxylic acids is 1. The van der Waals surface area contributed by atoms with Crippen LogP contribution in [0.4, 0.5) is 13.2 Å². The monoisotopic (exact) mass is 368 g/mol. The summed E-state index contributed by atoms with van der Waals surface area (Å²) in [5, 5.41) is 11.4. The van der Waals surface area contributed by atoms with Gasteiger partial charge in [0.15, 0.2) is 0 Å². The third-order valence-electron chi connectivity index (χ3n) is 5.13. The van der Waals surface area contributed by atoms with Crippen molar-refractivity contribution in [2.75, 3.05) is 6.54 Å². The van der Waals surface area contributed by atoms with Crippen molar-refractivity contribution in [2.45, 2.75) is 63.5 Å². The highest BCUT2D eigenvalue weighted by Gasteiger charge is 2.43. The average Bonchev–Trinajstić information content (AvgIpc) is 2.58. The number of piperidine rings is 1. The van der Waals surface area contributed by atoms with Gasteiger partial charge in [-0.1, -0.05) is 19.8 Å². The molecule has 3 atom stereocenters. The Morgan fingerprint density at radius 1 is 1.42 bits per heavy atom. The molecule has 4 nitrogen and oxygen atoms in total. The van der Waals surface area contributed by atoms with E-state index in [1.807, 2.05) is 6.92 Å². The van der Waals surface area contributed by atoms with Crippen LogP contribution in [-0.4, -0.2) is 30.5 Å². The van der Waals surface area contributed by atoms with Crippen LogP contribution in [-0.2, 0) is 11.0 Å². The standard InChI is InChI=1S/C18H24BF3N2O2/c1-3-4-6-17(19,16(25)26)12-5-7-23-14(9-12)15-10-13(18(20,21)22)8-11(2)24-15/h8,10,12,14,23H,3-7,9H2,1-2H3,(H,25,26). The number of carboxylic acids is 1. The fourth-order valence-electron chi connectivity index (χ4n) is 3.60. The molecule has 2 radical (unpaired) electrons. The SMILES string of the molecule is [B]C(CCCC)(C(=O)O)C1CCNC(c2cc(C(F)(F)F)cc(C)n2)C1. The number of carbonyl (C=O) groups is 1. The second-order valence-electron chi connectivity index (χ2n) is 7.10. The van der Waals surface area contributed by atoms with Gasteiger partial charge in [0.2, 0.25) is 0 Å². The number of nitrogens with one attached hydrogen (secondary N) is 1. The highest BCUT2D eigenvalue weighted by atomic mass is 19.4. The lowest BCUT2D eigenvalue weighted by Gasteiger charge is -2.40. The zero-order valence-electron chi connectivity index (χ0n) is 15.1. The van der Waals surface area contributed by atoms with Crippen LogP contribution >= 0.6 is 0 Å². The normalized spacial score (nSPS) is 23.4. The number of unbranched alkanes of at least 4 members (excludes halogenated alkanes) is 1. The summed E-state index contributed by atoms with van der Waals surface area (Å²) in [7, 11) is 6.24. The molecule has 1 aromatic heterocycles. The number of halogens is 3. The van der Waals surface area contributed by atoms with E-state index >= 15 is 0 Å². The number of hydrogen-bond acceptors (Lipinski definition) is 3. The molecule has 2 rings (SSSR count). The number of rotatable bonds is 6. The Morgan fingerprint density at radius 2 is 2.12 bits per heavy atom. The Morgan fingerprint density at radius 3 is 2.69 bits per heavy atom. The predicted octanol–water partition coefficient (Wildman–Crippen LogP) is 4.05. The Labute approximate surface area is 153 Å². The minimum atomic E-state index is -4.45. The summed E-state index contributed by atoms with van der Waals surface area (Å²) in [6.07, 6.45) is -1.66. The Hall–Kier alpha value is -1.57. The number of alkyl halides is 3. The maximum absolute atomic E-state index is 13.1. The van der Waals surface area contributed by atoms with Crippen molar-refractivity contribution in [3.8, 4) is 0 Å². The molecule has 26 heavy (non-hydrogen) atoms. The summed E-state index contributed by atoms with van der Waals surface area (Å²) in [5.74, 6) is -1.38. The van der Waals surface area contributed by atoms with Crippen molar-refractivity contribution in [1.29, 1.82) is 0 Å². The van der Waals surface area contributed by atoms with Gasteiger partial charge in [-0.05, 0) is 50.8 Å². The number of carboxylic acid groups (broad SMARTS) is 1. The van der Waals surface area contributed by atoms with Crippen LogP contribution < -0.4 is 5.32 Å². The largest absolute Gasteiger partial charge is 0.481 e. The minimum absolute atomic E-state index is 0.280. The molecule has 0 saturated carbocycles. The molecule has 1 fully saturated rings. The molecule has 2 N–H and O–H groups in total. The molecule has 3 unspecified atom stereocenters. The molecule has 0 aliphatic carbocycles. The van der Waals surface area contributed by atoms with Crippen molar-refractivity contribution >= 4 is 13.8 Å². The summed E-state index contributed by atoms with van der Waals surface area (Å²) < 4.78 is 39.2. The fraction of sp³-hybridized carbons (Fsp3) is 0.667. The van der Waals surface area contributed by atoms with E-state index in [2.05, 4.69) is 10.3 Å². The van der Waals surface area contributed by atoms with Crippen molar-refractivity contribution in [1.82, 2.24) is 10.3 Å². The Bertz CT molecular complexity index is 654. The molecular weight excluding hydrogens is 344 g/mol. The molecule has 0 bridgehead atoms. The molecule has 1 aliphatic rings. The van der Waals surface area contributed by atoms with Gasteiger partial charge in [0, 0.05) is 17.1 Å². The second kappa shape index (κ2) is 7.98. The second-order valence-corrected chi connectivity index (χ2v) is 7.10. The summed E-state index contributed by atoms with van der Waals surface area (Å²) in [4.78, 5) is 16.0. The minimum Gasteiger partial charge on any atom is -0.481 e. The molecule has 1 aliphatic heterocycles. The Kier molecular flexibility index (Phi) is 6.37. The molecule has 0 aromatic carbocycles. The van der Waals surface area contributed by atoms with Gasteiger partial charge >= 0.3 is 12.1 Å². The zero-order chi connectivity index (χ0) is 19.5. The molecule has 142 valence electrons. The third kappa shape index (κ3) is 4.58. The molecule has 1 saturated heterocycles. The first-order valence-corrected chi connectivity index (χ1v) is 8.89. The number of hydrogen-bond donors (Lipinski definition) is 2. The lowest BCUT2D eigenvalue weighted by Crippen LogP contribution is -2.41. The quantitative estimate of drug-likeness (QED) is 0.744.